The maximum absolute atomic E-state index is 6.01. The van der Waals surface area contributed by atoms with E-state index in [4.69, 9.17) is 10.5 Å². The summed E-state index contributed by atoms with van der Waals surface area (Å²) in [5.74, 6) is 0.924. The second-order valence-corrected chi connectivity index (χ2v) is 4.11. The fraction of sp³-hybridized carbons (Fsp3) is 0.400. The minimum atomic E-state index is 0. The lowest BCUT2D eigenvalue weighted by Gasteiger charge is -2.12. The molecule has 2 nitrogen and oxygen atoms in total. The number of ether oxygens (including phenoxy) is 1. The van der Waals surface area contributed by atoms with Crippen LogP contribution in [-0.4, -0.2) is 6.61 Å². The van der Waals surface area contributed by atoms with Crippen molar-refractivity contribution in [3.05, 3.63) is 28.2 Å². The monoisotopic (exact) mass is 277 g/mol. The van der Waals surface area contributed by atoms with Gasteiger partial charge in [-0.25, -0.2) is 0 Å². The van der Waals surface area contributed by atoms with Crippen molar-refractivity contribution in [2.24, 2.45) is 5.73 Å². The fourth-order valence-corrected chi connectivity index (χ4v) is 2.10. The zero-order valence-corrected chi connectivity index (χ0v) is 10.1. The number of benzene rings is 1. The van der Waals surface area contributed by atoms with E-state index in [9.17, 15) is 0 Å². The summed E-state index contributed by atoms with van der Waals surface area (Å²) in [7, 11) is 0. The van der Waals surface area contributed by atoms with E-state index < -0.39 is 0 Å². The van der Waals surface area contributed by atoms with E-state index in [1.807, 2.05) is 18.2 Å². The Morgan fingerprint density at radius 3 is 3.00 bits per heavy atom. The molecule has 0 saturated carbocycles. The maximum Gasteiger partial charge on any atom is 0.138 e. The summed E-state index contributed by atoms with van der Waals surface area (Å²) in [6.07, 6.45) is 2.03. The van der Waals surface area contributed by atoms with Gasteiger partial charge in [-0.3, -0.25) is 0 Å². The van der Waals surface area contributed by atoms with E-state index in [-0.39, 0.29) is 18.4 Å². The van der Waals surface area contributed by atoms with Crippen molar-refractivity contribution in [2.75, 3.05) is 6.61 Å². The van der Waals surface area contributed by atoms with Crippen LogP contribution in [0.5, 0.6) is 5.75 Å². The van der Waals surface area contributed by atoms with Crippen molar-refractivity contribution in [2.45, 2.75) is 18.9 Å². The van der Waals surface area contributed by atoms with Gasteiger partial charge in [0.25, 0.3) is 0 Å². The van der Waals surface area contributed by atoms with Crippen molar-refractivity contribution in [1.29, 1.82) is 0 Å². The molecule has 0 saturated heterocycles. The lowest BCUT2D eigenvalue weighted by Crippen LogP contribution is -2.08. The van der Waals surface area contributed by atoms with Crippen LogP contribution in [0, 0.1) is 0 Å². The highest BCUT2D eigenvalue weighted by molar-refractivity contribution is 9.10. The molecule has 1 unspecified atom stereocenters. The van der Waals surface area contributed by atoms with E-state index in [0.717, 1.165) is 35.2 Å². The molecule has 1 aromatic carbocycles. The zero-order valence-electron chi connectivity index (χ0n) is 7.70. The van der Waals surface area contributed by atoms with Crippen LogP contribution in [0.15, 0.2) is 22.7 Å². The molecule has 4 heteroatoms. The predicted octanol–water partition coefficient (Wildman–Crippen LogP) is 3.04. The van der Waals surface area contributed by atoms with Gasteiger partial charge in [-0.1, -0.05) is 12.1 Å². The third kappa shape index (κ3) is 2.22. The van der Waals surface area contributed by atoms with Crippen molar-refractivity contribution >= 4 is 28.3 Å². The van der Waals surface area contributed by atoms with Crippen LogP contribution in [0.1, 0.15) is 24.4 Å². The molecular formula is C10H13BrClNO. The smallest absolute Gasteiger partial charge is 0.138 e. The first-order valence-electron chi connectivity index (χ1n) is 4.46. The highest BCUT2D eigenvalue weighted by atomic mass is 79.9. The van der Waals surface area contributed by atoms with Crippen LogP contribution in [0.3, 0.4) is 0 Å². The first kappa shape index (κ1) is 11.8. The van der Waals surface area contributed by atoms with Gasteiger partial charge in [-0.05, 0) is 34.8 Å². The molecule has 1 aliphatic rings. The van der Waals surface area contributed by atoms with Crippen molar-refractivity contribution in [1.82, 2.24) is 0 Å². The molecule has 1 aromatic rings. The fourth-order valence-electron chi connectivity index (χ4n) is 1.60. The number of hydrogen-bond donors (Lipinski definition) is 1. The van der Waals surface area contributed by atoms with Gasteiger partial charge in [0.05, 0.1) is 11.1 Å². The Labute approximate surface area is 98.4 Å². The first-order valence-corrected chi connectivity index (χ1v) is 5.25. The summed E-state index contributed by atoms with van der Waals surface area (Å²) >= 11 is 3.46. The minimum absolute atomic E-state index is 0. The standard InChI is InChI=1S/C10H12BrNO.ClH/c11-8-4-1-3-7-9(12)5-2-6-13-10(7)8;/h1,3-4,9H,2,5-6,12H2;1H. The Hall–Kier alpha value is -0.250. The van der Waals surface area contributed by atoms with Gasteiger partial charge in [0.2, 0.25) is 0 Å². The Morgan fingerprint density at radius 2 is 2.21 bits per heavy atom. The third-order valence-electron chi connectivity index (χ3n) is 2.30. The summed E-state index contributed by atoms with van der Waals surface area (Å²) in [5, 5.41) is 0. The lowest BCUT2D eigenvalue weighted by atomic mass is 10.0. The zero-order chi connectivity index (χ0) is 9.26. The first-order chi connectivity index (χ1) is 6.29. The average Bonchev–Trinajstić information content (AvgIpc) is 2.30. The minimum Gasteiger partial charge on any atom is -0.492 e. The predicted molar refractivity (Wildman–Crippen MR) is 63.0 cm³/mol. The van der Waals surface area contributed by atoms with Gasteiger partial charge in [0.15, 0.2) is 0 Å². The van der Waals surface area contributed by atoms with Gasteiger partial charge in [-0.15, -0.1) is 12.4 Å². The van der Waals surface area contributed by atoms with Crippen LogP contribution in [-0.2, 0) is 0 Å². The van der Waals surface area contributed by atoms with Crippen molar-refractivity contribution < 1.29 is 4.74 Å². The molecule has 2 N–H and O–H groups in total. The quantitative estimate of drug-likeness (QED) is 0.792. The number of nitrogens with two attached hydrogens (primary N) is 1. The molecule has 1 aliphatic heterocycles. The van der Waals surface area contributed by atoms with Crippen LogP contribution in [0.2, 0.25) is 0 Å². The molecule has 0 bridgehead atoms. The molecule has 0 aromatic heterocycles. The van der Waals surface area contributed by atoms with Crippen molar-refractivity contribution in [3.63, 3.8) is 0 Å². The largest absolute Gasteiger partial charge is 0.492 e. The number of fused-ring (bicyclic) bond motifs is 1. The second kappa shape index (κ2) is 5.01. The molecule has 14 heavy (non-hydrogen) atoms. The van der Waals surface area contributed by atoms with Gasteiger partial charge in [0.1, 0.15) is 5.75 Å². The molecule has 78 valence electrons. The summed E-state index contributed by atoms with van der Waals surface area (Å²) in [5.41, 5.74) is 7.13. The summed E-state index contributed by atoms with van der Waals surface area (Å²) < 4.78 is 6.62. The normalized spacial score (nSPS) is 20.0. The van der Waals surface area contributed by atoms with E-state index in [1.165, 1.54) is 0 Å². The summed E-state index contributed by atoms with van der Waals surface area (Å²) in [6.45, 7) is 0.767. The molecule has 1 heterocycles. The summed E-state index contributed by atoms with van der Waals surface area (Å²) in [4.78, 5) is 0. The SMILES string of the molecule is Cl.NC1CCCOc2c(Br)cccc21. The highest BCUT2D eigenvalue weighted by Crippen LogP contribution is 2.35. The number of halogens is 2. The lowest BCUT2D eigenvalue weighted by molar-refractivity contribution is 0.314. The number of para-hydroxylation sites is 1. The van der Waals surface area contributed by atoms with Gasteiger partial charge < -0.3 is 10.5 Å². The molecular weight excluding hydrogens is 265 g/mol. The summed E-state index contributed by atoms with van der Waals surface area (Å²) in [6, 6.07) is 6.14. The van der Waals surface area contributed by atoms with Gasteiger partial charge in [0, 0.05) is 11.6 Å². The molecule has 0 radical (unpaired) electrons. The third-order valence-corrected chi connectivity index (χ3v) is 2.93. The van der Waals surface area contributed by atoms with E-state index in [2.05, 4.69) is 15.9 Å². The maximum atomic E-state index is 6.01. The highest BCUT2D eigenvalue weighted by Gasteiger charge is 2.17. The molecule has 0 spiro atoms. The molecule has 0 aliphatic carbocycles. The van der Waals surface area contributed by atoms with Gasteiger partial charge >= 0.3 is 0 Å². The van der Waals surface area contributed by atoms with Crippen LogP contribution in [0.25, 0.3) is 0 Å². The molecule has 0 amide bonds. The molecule has 1 atom stereocenters. The van der Waals surface area contributed by atoms with E-state index >= 15 is 0 Å². The van der Waals surface area contributed by atoms with Crippen molar-refractivity contribution in [3.8, 4) is 5.75 Å². The second-order valence-electron chi connectivity index (χ2n) is 3.26. The van der Waals surface area contributed by atoms with Crippen LogP contribution in [0.4, 0.5) is 0 Å². The number of hydrogen-bond acceptors (Lipinski definition) is 2. The molecule has 0 fully saturated rings. The van der Waals surface area contributed by atoms with Crippen LogP contribution < -0.4 is 10.5 Å². The Kier molecular flexibility index (Phi) is 4.23. The molecule has 2 rings (SSSR count). The Morgan fingerprint density at radius 1 is 1.43 bits per heavy atom. The average molecular weight is 279 g/mol. The van der Waals surface area contributed by atoms with E-state index in [1.54, 1.807) is 0 Å². The topological polar surface area (TPSA) is 35.2 Å². The Bertz CT molecular complexity index is 319. The van der Waals surface area contributed by atoms with Crippen LogP contribution >= 0.6 is 28.3 Å². The number of rotatable bonds is 0. The Balaban J connectivity index is 0.000000980. The van der Waals surface area contributed by atoms with E-state index in [0.29, 0.717) is 0 Å². The van der Waals surface area contributed by atoms with Gasteiger partial charge in [-0.2, -0.15) is 0 Å².